The smallest absolute Gasteiger partial charge is 0.417 e. The Balaban J connectivity index is 3.33. The molecular weight excluding hydrogens is 225 g/mol. The number of rotatable bonds is 2. The van der Waals surface area contributed by atoms with Crippen molar-refractivity contribution in [2.24, 2.45) is 5.84 Å². The van der Waals surface area contributed by atoms with Crippen molar-refractivity contribution in [3.8, 4) is 0 Å². The number of halogens is 3. The molecule has 0 bridgehead atoms. The summed E-state index contributed by atoms with van der Waals surface area (Å²) >= 11 is 0. The third kappa shape index (κ3) is 2.43. The fourth-order valence-corrected chi connectivity index (χ4v) is 1.16. The van der Waals surface area contributed by atoms with E-state index in [1.807, 2.05) is 0 Å². The summed E-state index contributed by atoms with van der Waals surface area (Å²) in [5.41, 5.74) is 0.492. The van der Waals surface area contributed by atoms with Gasteiger partial charge >= 0.3 is 12.1 Å². The van der Waals surface area contributed by atoms with E-state index in [0.717, 1.165) is 19.2 Å². The first-order chi connectivity index (χ1) is 7.40. The third-order valence-corrected chi connectivity index (χ3v) is 1.90. The molecule has 0 aromatic heterocycles. The lowest BCUT2D eigenvalue weighted by Crippen LogP contribution is -2.16. The van der Waals surface area contributed by atoms with Crippen LogP contribution in [0, 0.1) is 0 Å². The predicted octanol–water partition coefficient (Wildman–Crippen LogP) is 1.78. The number of nitrogens with one attached hydrogen (secondary N) is 1. The van der Waals surface area contributed by atoms with Crippen molar-refractivity contribution in [1.82, 2.24) is 0 Å². The highest BCUT2D eigenvalue weighted by atomic mass is 19.4. The molecule has 3 N–H and O–H groups in total. The van der Waals surface area contributed by atoms with E-state index in [0.29, 0.717) is 0 Å². The number of hydrazine groups is 1. The van der Waals surface area contributed by atoms with Gasteiger partial charge in [-0.3, -0.25) is 5.84 Å². The Hall–Kier alpha value is -1.76. The normalized spacial score (nSPS) is 11.1. The van der Waals surface area contributed by atoms with Crippen LogP contribution in [0.2, 0.25) is 0 Å². The van der Waals surface area contributed by atoms with E-state index in [1.165, 1.54) is 6.07 Å². The minimum absolute atomic E-state index is 0.0555. The SMILES string of the molecule is COC(=O)c1ccc(NN)cc1C(F)(F)F. The minimum atomic E-state index is -4.64. The van der Waals surface area contributed by atoms with Gasteiger partial charge in [-0.25, -0.2) is 4.79 Å². The van der Waals surface area contributed by atoms with E-state index >= 15 is 0 Å². The Kier molecular flexibility index (Phi) is 3.38. The number of nitrogen functional groups attached to an aromatic ring is 1. The van der Waals surface area contributed by atoms with Gasteiger partial charge in [0.2, 0.25) is 0 Å². The van der Waals surface area contributed by atoms with Crippen molar-refractivity contribution in [3.05, 3.63) is 29.3 Å². The molecule has 0 saturated carbocycles. The van der Waals surface area contributed by atoms with Crippen LogP contribution in [0.15, 0.2) is 18.2 Å². The lowest BCUT2D eigenvalue weighted by Gasteiger charge is -2.12. The number of ether oxygens (including phenoxy) is 1. The molecule has 7 heteroatoms. The summed E-state index contributed by atoms with van der Waals surface area (Å²) in [5.74, 6) is 3.94. The highest BCUT2D eigenvalue weighted by Gasteiger charge is 2.35. The number of alkyl halides is 3. The molecule has 0 amide bonds. The number of hydrogen-bond donors (Lipinski definition) is 2. The van der Waals surface area contributed by atoms with Gasteiger partial charge in [0.05, 0.1) is 18.2 Å². The molecule has 0 radical (unpaired) electrons. The van der Waals surface area contributed by atoms with Crippen LogP contribution in [0.25, 0.3) is 0 Å². The number of anilines is 1. The molecule has 0 heterocycles. The summed E-state index contributed by atoms with van der Waals surface area (Å²) in [6, 6.07) is 3.00. The molecule has 0 aliphatic rings. The molecule has 16 heavy (non-hydrogen) atoms. The van der Waals surface area contributed by atoms with Crippen LogP contribution in [0.3, 0.4) is 0 Å². The first-order valence-corrected chi connectivity index (χ1v) is 4.16. The summed E-state index contributed by atoms with van der Waals surface area (Å²) in [6.07, 6.45) is -4.64. The lowest BCUT2D eigenvalue weighted by molar-refractivity contribution is -0.138. The topological polar surface area (TPSA) is 64.3 Å². The zero-order valence-corrected chi connectivity index (χ0v) is 8.26. The average molecular weight is 234 g/mol. The van der Waals surface area contributed by atoms with Gasteiger partial charge in [-0.1, -0.05) is 0 Å². The maximum absolute atomic E-state index is 12.6. The average Bonchev–Trinajstić information content (AvgIpc) is 2.26. The fraction of sp³-hybridized carbons (Fsp3) is 0.222. The molecule has 88 valence electrons. The Morgan fingerprint density at radius 3 is 2.50 bits per heavy atom. The van der Waals surface area contributed by atoms with Gasteiger partial charge in [0.25, 0.3) is 0 Å². The van der Waals surface area contributed by atoms with Gasteiger partial charge in [0, 0.05) is 5.69 Å². The quantitative estimate of drug-likeness (QED) is 0.465. The number of benzene rings is 1. The molecule has 0 atom stereocenters. The summed E-state index contributed by atoms with van der Waals surface area (Å²) in [7, 11) is 1.01. The fourth-order valence-electron chi connectivity index (χ4n) is 1.16. The Morgan fingerprint density at radius 1 is 1.44 bits per heavy atom. The second kappa shape index (κ2) is 4.40. The highest BCUT2D eigenvalue weighted by Crippen LogP contribution is 2.33. The predicted molar refractivity (Wildman–Crippen MR) is 50.6 cm³/mol. The number of hydrogen-bond acceptors (Lipinski definition) is 4. The van der Waals surface area contributed by atoms with Gasteiger partial charge in [0.15, 0.2) is 0 Å². The van der Waals surface area contributed by atoms with E-state index in [2.05, 4.69) is 10.2 Å². The molecule has 0 saturated heterocycles. The first kappa shape index (κ1) is 12.3. The van der Waals surface area contributed by atoms with Crippen molar-refractivity contribution in [2.45, 2.75) is 6.18 Å². The van der Waals surface area contributed by atoms with E-state index in [4.69, 9.17) is 5.84 Å². The summed E-state index contributed by atoms with van der Waals surface area (Å²) in [4.78, 5) is 11.1. The van der Waals surface area contributed by atoms with E-state index in [9.17, 15) is 18.0 Å². The molecule has 0 fully saturated rings. The van der Waals surface area contributed by atoms with Gasteiger partial charge < -0.3 is 10.2 Å². The van der Waals surface area contributed by atoms with Crippen molar-refractivity contribution >= 4 is 11.7 Å². The molecule has 1 aromatic rings. The number of nitrogens with two attached hydrogens (primary N) is 1. The standard InChI is InChI=1S/C9H9F3N2O2/c1-16-8(15)6-3-2-5(14-13)4-7(6)9(10,11)12/h2-4,14H,13H2,1H3. The minimum Gasteiger partial charge on any atom is -0.465 e. The molecule has 0 unspecified atom stereocenters. The van der Waals surface area contributed by atoms with E-state index in [1.54, 1.807) is 0 Å². The molecular formula is C9H9F3N2O2. The number of carbonyl (C=O) groups is 1. The monoisotopic (exact) mass is 234 g/mol. The second-order valence-electron chi connectivity index (χ2n) is 2.89. The van der Waals surface area contributed by atoms with Gasteiger partial charge in [-0.2, -0.15) is 13.2 Å². The zero-order valence-electron chi connectivity index (χ0n) is 8.26. The Labute approximate surface area is 89.2 Å². The first-order valence-electron chi connectivity index (χ1n) is 4.16. The Morgan fingerprint density at radius 2 is 2.06 bits per heavy atom. The van der Waals surface area contributed by atoms with Crippen molar-refractivity contribution in [2.75, 3.05) is 12.5 Å². The molecule has 0 aliphatic heterocycles. The third-order valence-electron chi connectivity index (χ3n) is 1.90. The van der Waals surface area contributed by atoms with Crippen LogP contribution in [-0.2, 0) is 10.9 Å². The van der Waals surface area contributed by atoms with E-state index < -0.39 is 23.3 Å². The summed E-state index contributed by atoms with van der Waals surface area (Å²) in [5, 5.41) is 0. The van der Waals surface area contributed by atoms with Crippen LogP contribution in [-0.4, -0.2) is 13.1 Å². The van der Waals surface area contributed by atoms with Gasteiger partial charge in [-0.05, 0) is 18.2 Å². The van der Waals surface area contributed by atoms with Crippen molar-refractivity contribution in [3.63, 3.8) is 0 Å². The van der Waals surface area contributed by atoms with Crippen LogP contribution in [0.5, 0.6) is 0 Å². The van der Waals surface area contributed by atoms with Crippen LogP contribution < -0.4 is 11.3 Å². The summed E-state index contributed by atoms with van der Waals surface area (Å²) in [6.45, 7) is 0. The van der Waals surface area contributed by atoms with E-state index in [-0.39, 0.29) is 5.69 Å². The Bertz CT molecular complexity index is 404. The summed E-state index contributed by atoms with van der Waals surface area (Å²) < 4.78 is 42.0. The molecule has 1 rings (SSSR count). The molecule has 4 nitrogen and oxygen atoms in total. The van der Waals surface area contributed by atoms with Crippen LogP contribution >= 0.6 is 0 Å². The molecule has 0 aliphatic carbocycles. The maximum Gasteiger partial charge on any atom is 0.417 e. The van der Waals surface area contributed by atoms with Gasteiger partial charge in [-0.15, -0.1) is 0 Å². The number of carbonyl (C=O) groups excluding carboxylic acids is 1. The highest BCUT2D eigenvalue weighted by molar-refractivity contribution is 5.91. The second-order valence-corrected chi connectivity index (χ2v) is 2.89. The number of methoxy groups -OCH3 is 1. The van der Waals surface area contributed by atoms with Crippen molar-refractivity contribution in [1.29, 1.82) is 0 Å². The van der Waals surface area contributed by atoms with Crippen molar-refractivity contribution < 1.29 is 22.7 Å². The lowest BCUT2D eigenvalue weighted by atomic mass is 10.1. The zero-order chi connectivity index (χ0) is 12.3. The molecule has 1 aromatic carbocycles. The van der Waals surface area contributed by atoms with Crippen LogP contribution in [0.4, 0.5) is 18.9 Å². The number of esters is 1. The largest absolute Gasteiger partial charge is 0.465 e. The van der Waals surface area contributed by atoms with Gasteiger partial charge in [0.1, 0.15) is 0 Å². The maximum atomic E-state index is 12.6. The van der Waals surface area contributed by atoms with Crippen LogP contribution in [0.1, 0.15) is 15.9 Å². The molecule has 0 spiro atoms.